The molecule has 0 heterocycles. The van der Waals surface area contributed by atoms with Gasteiger partial charge in [-0.25, -0.2) is 0 Å². The second-order valence-corrected chi connectivity index (χ2v) is 6.43. The number of aryl methyl sites for hydroxylation is 2. The van der Waals surface area contributed by atoms with Gasteiger partial charge in [0.25, 0.3) is 0 Å². The highest BCUT2D eigenvalue weighted by Crippen LogP contribution is 2.31. The second kappa shape index (κ2) is 6.95. The van der Waals surface area contributed by atoms with E-state index in [0.29, 0.717) is 12.8 Å². The fourth-order valence-electron chi connectivity index (χ4n) is 3.36. The Morgan fingerprint density at radius 2 is 1.82 bits per heavy atom. The third kappa shape index (κ3) is 3.67. The van der Waals surface area contributed by atoms with Crippen LogP contribution in [0.4, 0.5) is 0 Å². The molecule has 0 radical (unpaired) electrons. The Morgan fingerprint density at radius 1 is 1.18 bits per heavy atom. The first kappa shape index (κ1) is 16.5. The van der Waals surface area contributed by atoms with Gasteiger partial charge in [-0.3, -0.25) is 9.59 Å². The average Bonchev–Trinajstić information content (AvgIpc) is 2.49. The minimum absolute atomic E-state index is 0.108. The quantitative estimate of drug-likeness (QED) is 0.896. The molecule has 22 heavy (non-hydrogen) atoms. The molecule has 2 N–H and O–H groups in total. The Labute approximate surface area is 131 Å². The van der Waals surface area contributed by atoms with E-state index in [2.05, 4.69) is 17.4 Å². The van der Waals surface area contributed by atoms with E-state index >= 15 is 0 Å². The molecular weight excluding hydrogens is 278 g/mol. The summed E-state index contributed by atoms with van der Waals surface area (Å²) in [6.45, 7) is 6.01. The van der Waals surface area contributed by atoms with Crippen LogP contribution in [0.15, 0.2) is 18.2 Å². The van der Waals surface area contributed by atoms with Crippen molar-refractivity contribution in [1.82, 2.24) is 5.32 Å². The maximum absolute atomic E-state index is 12.5. The van der Waals surface area contributed by atoms with E-state index in [1.807, 2.05) is 26.8 Å². The molecule has 0 aromatic heterocycles. The van der Waals surface area contributed by atoms with Crippen molar-refractivity contribution in [2.24, 2.45) is 11.8 Å². The number of hydrogen-bond donors (Lipinski definition) is 2. The summed E-state index contributed by atoms with van der Waals surface area (Å²) in [5.41, 5.74) is 3.38. The highest BCUT2D eigenvalue weighted by atomic mass is 16.4. The lowest BCUT2D eigenvalue weighted by Crippen LogP contribution is -2.40. The van der Waals surface area contributed by atoms with E-state index < -0.39 is 17.8 Å². The summed E-state index contributed by atoms with van der Waals surface area (Å²) >= 11 is 0. The van der Waals surface area contributed by atoms with Crippen LogP contribution in [0.5, 0.6) is 0 Å². The Hall–Kier alpha value is -1.84. The van der Waals surface area contributed by atoms with Gasteiger partial charge in [-0.1, -0.05) is 36.6 Å². The van der Waals surface area contributed by atoms with Crippen LogP contribution < -0.4 is 5.32 Å². The lowest BCUT2D eigenvalue weighted by atomic mass is 9.78. The van der Waals surface area contributed by atoms with Crippen molar-refractivity contribution in [2.45, 2.75) is 52.5 Å². The minimum Gasteiger partial charge on any atom is -0.481 e. The summed E-state index contributed by atoms with van der Waals surface area (Å²) in [6, 6.07) is 6.07. The summed E-state index contributed by atoms with van der Waals surface area (Å²) in [5, 5.41) is 12.3. The van der Waals surface area contributed by atoms with E-state index in [1.54, 1.807) is 0 Å². The standard InChI is InChI=1S/C18H25NO3/c1-11-8-9-12(2)16(10-11)13(3)19-17(20)14-6-4-5-7-15(14)18(21)22/h8-10,13-15H,4-7H2,1-3H3,(H,19,20)(H,21,22)/t13-,14+,15+/m0/s1. The monoisotopic (exact) mass is 303 g/mol. The van der Waals surface area contributed by atoms with Crippen molar-refractivity contribution in [2.75, 3.05) is 0 Å². The van der Waals surface area contributed by atoms with E-state index in [4.69, 9.17) is 0 Å². The molecule has 4 nitrogen and oxygen atoms in total. The van der Waals surface area contributed by atoms with Crippen LogP contribution in [0.1, 0.15) is 55.3 Å². The summed E-state index contributed by atoms with van der Waals surface area (Å²) in [7, 11) is 0. The second-order valence-electron chi connectivity index (χ2n) is 6.43. The zero-order valence-corrected chi connectivity index (χ0v) is 13.6. The largest absolute Gasteiger partial charge is 0.481 e. The van der Waals surface area contributed by atoms with Gasteiger partial charge in [0.15, 0.2) is 0 Å². The lowest BCUT2D eigenvalue weighted by Gasteiger charge is -2.29. The van der Waals surface area contributed by atoms with Crippen molar-refractivity contribution >= 4 is 11.9 Å². The van der Waals surface area contributed by atoms with Gasteiger partial charge in [0, 0.05) is 0 Å². The summed E-state index contributed by atoms with van der Waals surface area (Å²) in [6.07, 6.45) is 3.10. The number of carbonyl (C=O) groups excluding carboxylic acids is 1. The molecule has 1 fully saturated rings. The number of amides is 1. The van der Waals surface area contributed by atoms with Crippen LogP contribution in [0.25, 0.3) is 0 Å². The van der Waals surface area contributed by atoms with Gasteiger partial charge in [-0.2, -0.15) is 0 Å². The van der Waals surface area contributed by atoms with Gasteiger partial charge >= 0.3 is 5.97 Å². The van der Waals surface area contributed by atoms with E-state index in [9.17, 15) is 14.7 Å². The fraction of sp³-hybridized carbons (Fsp3) is 0.556. The van der Waals surface area contributed by atoms with Gasteiger partial charge in [-0.15, -0.1) is 0 Å². The van der Waals surface area contributed by atoms with Gasteiger partial charge in [0.1, 0.15) is 0 Å². The van der Waals surface area contributed by atoms with Crippen molar-refractivity contribution in [1.29, 1.82) is 0 Å². The molecule has 1 aromatic rings. The number of hydrogen-bond acceptors (Lipinski definition) is 2. The Balaban J connectivity index is 2.10. The van der Waals surface area contributed by atoms with Crippen LogP contribution in [0.3, 0.4) is 0 Å². The van der Waals surface area contributed by atoms with Crippen molar-refractivity contribution in [3.63, 3.8) is 0 Å². The number of nitrogens with one attached hydrogen (secondary N) is 1. The Bertz CT molecular complexity index is 567. The van der Waals surface area contributed by atoms with Crippen molar-refractivity contribution < 1.29 is 14.7 Å². The fourth-order valence-corrected chi connectivity index (χ4v) is 3.36. The minimum atomic E-state index is -0.848. The van der Waals surface area contributed by atoms with Gasteiger partial charge < -0.3 is 10.4 Å². The summed E-state index contributed by atoms with van der Waals surface area (Å²) in [5.74, 6) is -1.92. The van der Waals surface area contributed by atoms with Crippen LogP contribution >= 0.6 is 0 Å². The Kier molecular flexibility index (Phi) is 5.22. The van der Waals surface area contributed by atoms with Crippen molar-refractivity contribution in [3.05, 3.63) is 34.9 Å². The molecule has 1 amide bonds. The topological polar surface area (TPSA) is 66.4 Å². The molecule has 0 bridgehead atoms. The highest BCUT2D eigenvalue weighted by molar-refractivity contribution is 5.85. The van der Waals surface area contributed by atoms with Gasteiger partial charge in [0.2, 0.25) is 5.91 Å². The zero-order chi connectivity index (χ0) is 16.3. The first-order chi connectivity index (χ1) is 10.4. The number of benzene rings is 1. The molecule has 0 spiro atoms. The molecular formula is C18H25NO3. The number of rotatable bonds is 4. The molecule has 2 rings (SSSR count). The van der Waals surface area contributed by atoms with E-state index in [1.165, 1.54) is 0 Å². The smallest absolute Gasteiger partial charge is 0.307 e. The van der Waals surface area contributed by atoms with E-state index in [0.717, 1.165) is 29.5 Å². The first-order valence-corrected chi connectivity index (χ1v) is 8.00. The van der Waals surface area contributed by atoms with E-state index in [-0.39, 0.29) is 11.9 Å². The predicted octanol–water partition coefficient (Wildman–Crippen LogP) is 3.37. The third-order valence-electron chi connectivity index (χ3n) is 4.68. The molecule has 120 valence electrons. The van der Waals surface area contributed by atoms with Crippen LogP contribution in [-0.2, 0) is 9.59 Å². The lowest BCUT2D eigenvalue weighted by molar-refractivity contribution is -0.149. The average molecular weight is 303 g/mol. The summed E-state index contributed by atoms with van der Waals surface area (Å²) < 4.78 is 0. The first-order valence-electron chi connectivity index (χ1n) is 8.00. The molecule has 1 saturated carbocycles. The molecule has 1 aliphatic rings. The molecule has 1 aromatic carbocycles. The van der Waals surface area contributed by atoms with Crippen LogP contribution in [0.2, 0.25) is 0 Å². The third-order valence-corrected chi connectivity index (χ3v) is 4.68. The molecule has 0 unspecified atom stereocenters. The SMILES string of the molecule is Cc1ccc(C)c([C@H](C)NC(=O)[C@@H]2CCCC[C@H]2C(=O)O)c1. The number of carboxylic acid groups (broad SMARTS) is 1. The molecule has 0 saturated heterocycles. The number of carbonyl (C=O) groups is 2. The molecule has 1 aliphatic carbocycles. The maximum Gasteiger partial charge on any atom is 0.307 e. The molecule has 3 atom stereocenters. The molecule has 4 heteroatoms. The predicted molar refractivity (Wildman–Crippen MR) is 85.6 cm³/mol. The number of carboxylic acids is 1. The van der Waals surface area contributed by atoms with Crippen molar-refractivity contribution in [3.8, 4) is 0 Å². The Morgan fingerprint density at radius 3 is 2.45 bits per heavy atom. The zero-order valence-electron chi connectivity index (χ0n) is 13.6. The van der Waals surface area contributed by atoms with Crippen LogP contribution in [-0.4, -0.2) is 17.0 Å². The van der Waals surface area contributed by atoms with Gasteiger partial charge in [-0.05, 0) is 44.7 Å². The maximum atomic E-state index is 12.5. The van der Waals surface area contributed by atoms with Gasteiger partial charge in [0.05, 0.1) is 17.9 Å². The normalized spacial score (nSPS) is 22.9. The summed E-state index contributed by atoms with van der Waals surface area (Å²) in [4.78, 5) is 23.9. The molecule has 0 aliphatic heterocycles. The highest BCUT2D eigenvalue weighted by Gasteiger charge is 2.36. The van der Waals surface area contributed by atoms with Crippen LogP contribution in [0, 0.1) is 25.7 Å². The number of aliphatic carboxylic acids is 1.